The first-order valence-electron chi connectivity index (χ1n) is 6.34. The summed E-state index contributed by atoms with van der Waals surface area (Å²) in [6.45, 7) is 3.25. The van der Waals surface area contributed by atoms with Crippen LogP contribution < -0.4 is 0 Å². The summed E-state index contributed by atoms with van der Waals surface area (Å²) in [6, 6.07) is 6.34. The van der Waals surface area contributed by atoms with Gasteiger partial charge in [-0.2, -0.15) is 0 Å². The van der Waals surface area contributed by atoms with Gasteiger partial charge in [0.15, 0.2) is 0 Å². The highest BCUT2D eigenvalue weighted by Crippen LogP contribution is 2.22. The lowest BCUT2D eigenvalue weighted by Gasteiger charge is -2.29. The molecule has 0 aliphatic carbocycles. The molecule has 1 atom stereocenters. The van der Waals surface area contributed by atoms with Crippen LogP contribution in [0.15, 0.2) is 24.3 Å². The zero-order valence-electron chi connectivity index (χ0n) is 11.0. The van der Waals surface area contributed by atoms with Crippen molar-refractivity contribution in [3.05, 3.63) is 35.6 Å². The predicted molar refractivity (Wildman–Crippen MR) is 68.4 cm³/mol. The van der Waals surface area contributed by atoms with Crippen LogP contribution in [0.4, 0.5) is 4.39 Å². The molecule has 1 aromatic rings. The van der Waals surface area contributed by atoms with Crippen molar-refractivity contribution >= 4 is 5.97 Å². The second-order valence-electron chi connectivity index (χ2n) is 4.51. The van der Waals surface area contributed by atoms with E-state index in [1.54, 1.807) is 18.2 Å². The molecule has 2 rings (SSSR count). The molecule has 0 amide bonds. The van der Waals surface area contributed by atoms with Gasteiger partial charge in [0.25, 0.3) is 0 Å². The zero-order valence-corrected chi connectivity index (χ0v) is 11.0. The van der Waals surface area contributed by atoms with Crippen LogP contribution in [0.25, 0.3) is 0 Å². The van der Waals surface area contributed by atoms with E-state index in [9.17, 15) is 9.18 Å². The zero-order chi connectivity index (χ0) is 13.7. The Labute approximate surface area is 112 Å². The molecular formula is C14H18FNO3. The molecule has 4 nitrogen and oxygen atoms in total. The molecule has 1 aliphatic rings. The smallest absolute Gasteiger partial charge is 0.314 e. The molecule has 0 radical (unpaired) electrons. The fourth-order valence-electron chi connectivity index (χ4n) is 2.24. The van der Waals surface area contributed by atoms with Crippen LogP contribution >= 0.6 is 0 Å². The number of methoxy groups -OCH3 is 1. The molecule has 0 spiro atoms. The molecule has 0 N–H and O–H groups in total. The van der Waals surface area contributed by atoms with Gasteiger partial charge in [-0.3, -0.25) is 9.69 Å². The molecule has 0 saturated carbocycles. The number of hydrogen-bond donors (Lipinski definition) is 0. The van der Waals surface area contributed by atoms with Crippen molar-refractivity contribution in [2.24, 2.45) is 0 Å². The highest BCUT2D eigenvalue weighted by molar-refractivity contribution is 5.78. The molecule has 0 bridgehead atoms. The minimum atomic E-state index is -0.593. The van der Waals surface area contributed by atoms with E-state index in [1.807, 2.05) is 0 Å². The van der Waals surface area contributed by atoms with Crippen LogP contribution in [0.3, 0.4) is 0 Å². The summed E-state index contributed by atoms with van der Waals surface area (Å²) in [4.78, 5) is 14.0. The summed E-state index contributed by atoms with van der Waals surface area (Å²) < 4.78 is 23.9. The first-order valence-corrected chi connectivity index (χ1v) is 6.34. The summed E-state index contributed by atoms with van der Waals surface area (Å²) in [5.41, 5.74) is 0.390. The number of rotatable bonds is 4. The Morgan fingerprint density at radius 1 is 1.42 bits per heavy atom. The van der Waals surface area contributed by atoms with Crippen molar-refractivity contribution in [1.82, 2.24) is 4.90 Å². The van der Waals surface area contributed by atoms with Crippen LogP contribution in [-0.4, -0.2) is 50.8 Å². The fraction of sp³-hybridized carbons (Fsp3) is 0.500. The lowest BCUT2D eigenvalue weighted by Crippen LogP contribution is -2.40. The third kappa shape index (κ3) is 3.52. The van der Waals surface area contributed by atoms with Gasteiger partial charge in [0.2, 0.25) is 0 Å². The SMILES string of the molecule is COC(=O)C(CN1CCOCC1)c1ccccc1F. The summed E-state index contributed by atoms with van der Waals surface area (Å²) in [7, 11) is 1.33. The van der Waals surface area contributed by atoms with E-state index < -0.39 is 11.9 Å². The first-order chi connectivity index (χ1) is 9.22. The van der Waals surface area contributed by atoms with Gasteiger partial charge in [0, 0.05) is 25.2 Å². The molecule has 1 unspecified atom stereocenters. The number of ether oxygens (including phenoxy) is 2. The lowest BCUT2D eigenvalue weighted by atomic mass is 9.97. The lowest BCUT2D eigenvalue weighted by molar-refractivity contribution is -0.143. The number of esters is 1. The monoisotopic (exact) mass is 267 g/mol. The highest BCUT2D eigenvalue weighted by Gasteiger charge is 2.27. The van der Waals surface area contributed by atoms with Gasteiger partial charge >= 0.3 is 5.97 Å². The van der Waals surface area contributed by atoms with Crippen LogP contribution in [0, 0.1) is 5.82 Å². The second kappa shape index (κ2) is 6.63. The van der Waals surface area contributed by atoms with E-state index in [0.29, 0.717) is 25.3 Å². The number of morpholine rings is 1. The first kappa shape index (κ1) is 14.0. The van der Waals surface area contributed by atoms with E-state index in [4.69, 9.17) is 9.47 Å². The van der Waals surface area contributed by atoms with E-state index in [2.05, 4.69) is 4.90 Å². The van der Waals surface area contributed by atoms with E-state index in [-0.39, 0.29) is 5.82 Å². The van der Waals surface area contributed by atoms with Gasteiger partial charge in [0.05, 0.1) is 26.2 Å². The number of benzene rings is 1. The van der Waals surface area contributed by atoms with Crippen LogP contribution in [0.2, 0.25) is 0 Å². The molecule has 0 aromatic heterocycles. The minimum Gasteiger partial charge on any atom is -0.469 e. The maximum atomic E-state index is 13.8. The third-order valence-corrected chi connectivity index (χ3v) is 3.31. The van der Waals surface area contributed by atoms with Gasteiger partial charge in [0.1, 0.15) is 5.82 Å². The quantitative estimate of drug-likeness (QED) is 0.773. The van der Waals surface area contributed by atoms with Crippen molar-refractivity contribution in [3.63, 3.8) is 0 Å². The predicted octanol–water partition coefficient (Wildman–Crippen LogP) is 1.41. The summed E-state index contributed by atoms with van der Waals surface area (Å²) in [5, 5.41) is 0. The third-order valence-electron chi connectivity index (χ3n) is 3.31. The number of nitrogens with zero attached hydrogens (tertiary/aromatic N) is 1. The summed E-state index contributed by atoms with van der Waals surface area (Å²) in [6.07, 6.45) is 0. The van der Waals surface area contributed by atoms with Crippen molar-refractivity contribution < 1.29 is 18.7 Å². The van der Waals surface area contributed by atoms with Gasteiger partial charge < -0.3 is 9.47 Å². The number of carbonyl (C=O) groups is 1. The van der Waals surface area contributed by atoms with Crippen LogP contribution in [-0.2, 0) is 14.3 Å². The molecule has 19 heavy (non-hydrogen) atoms. The standard InChI is InChI=1S/C14H18FNO3/c1-18-14(17)12(10-16-6-8-19-9-7-16)11-4-2-3-5-13(11)15/h2-5,12H,6-10H2,1H3. The number of carbonyl (C=O) groups excluding carboxylic acids is 1. The Kier molecular flexibility index (Phi) is 4.87. The Morgan fingerprint density at radius 3 is 2.74 bits per heavy atom. The molecule has 1 heterocycles. The Hall–Kier alpha value is -1.46. The van der Waals surface area contributed by atoms with Crippen molar-refractivity contribution in [3.8, 4) is 0 Å². The van der Waals surface area contributed by atoms with Crippen molar-refractivity contribution in [1.29, 1.82) is 0 Å². The van der Waals surface area contributed by atoms with E-state index in [1.165, 1.54) is 13.2 Å². The average molecular weight is 267 g/mol. The molecule has 1 aliphatic heterocycles. The molecule has 104 valence electrons. The molecule has 1 fully saturated rings. The molecule has 1 saturated heterocycles. The normalized spacial score (nSPS) is 18.0. The Balaban J connectivity index is 2.16. The molecule has 5 heteroatoms. The molecular weight excluding hydrogens is 249 g/mol. The fourth-order valence-corrected chi connectivity index (χ4v) is 2.24. The summed E-state index contributed by atoms with van der Waals surface area (Å²) in [5.74, 6) is -1.37. The highest BCUT2D eigenvalue weighted by atomic mass is 19.1. The van der Waals surface area contributed by atoms with Gasteiger partial charge in [-0.15, -0.1) is 0 Å². The maximum absolute atomic E-state index is 13.8. The van der Waals surface area contributed by atoms with Gasteiger partial charge in [-0.05, 0) is 6.07 Å². The van der Waals surface area contributed by atoms with Crippen molar-refractivity contribution in [2.45, 2.75) is 5.92 Å². The topological polar surface area (TPSA) is 38.8 Å². The van der Waals surface area contributed by atoms with E-state index in [0.717, 1.165) is 13.1 Å². The number of hydrogen-bond acceptors (Lipinski definition) is 4. The second-order valence-corrected chi connectivity index (χ2v) is 4.51. The number of halogens is 1. The minimum absolute atomic E-state index is 0.369. The largest absolute Gasteiger partial charge is 0.469 e. The summed E-state index contributed by atoms with van der Waals surface area (Å²) >= 11 is 0. The molecule has 1 aromatic carbocycles. The van der Waals surface area contributed by atoms with Crippen LogP contribution in [0.5, 0.6) is 0 Å². The van der Waals surface area contributed by atoms with Gasteiger partial charge in [-0.1, -0.05) is 18.2 Å². The van der Waals surface area contributed by atoms with Gasteiger partial charge in [-0.25, -0.2) is 4.39 Å². The average Bonchev–Trinajstić information content (AvgIpc) is 2.46. The van der Waals surface area contributed by atoms with E-state index >= 15 is 0 Å². The Morgan fingerprint density at radius 2 is 2.11 bits per heavy atom. The Bertz CT molecular complexity index is 432. The van der Waals surface area contributed by atoms with Crippen molar-refractivity contribution in [2.75, 3.05) is 40.0 Å². The maximum Gasteiger partial charge on any atom is 0.314 e. The van der Waals surface area contributed by atoms with Crippen LogP contribution in [0.1, 0.15) is 11.5 Å².